The molecule has 8 nitrogen and oxygen atoms in total. The molecule has 0 radical (unpaired) electrons. The molecule has 1 aliphatic heterocycles. The van der Waals surface area contributed by atoms with Gasteiger partial charge in [0.1, 0.15) is 24.3 Å². The molecule has 246 valence electrons. The molecule has 0 saturated carbocycles. The predicted molar refractivity (Wildman–Crippen MR) is 194 cm³/mol. The smallest absolute Gasteiger partial charge is 0.311 e. The molecule has 6 rings (SSSR count). The number of pyridine rings is 1. The van der Waals surface area contributed by atoms with Crippen LogP contribution >= 0.6 is 22.9 Å². The second-order valence-electron chi connectivity index (χ2n) is 13.9. The average Bonchev–Trinajstić information content (AvgIpc) is 3.73. The van der Waals surface area contributed by atoms with E-state index in [-0.39, 0.29) is 12.6 Å². The van der Waals surface area contributed by atoms with Gasteiger partial charge in [-0.15, -0.1) is 16.4 Å². The molecule has 0 amide bonds. The number of halogens is 1. The molecule has 0 unspecified atom stereocenters. The van der Waals surface area contributed by atoms with Crippen LogP contribution in [0.1, 0.15) is 64.3 Å². The van der Waals surface area contributed by atoms with Crippen molar-refractivity contribution in [2.45, 2.75) is 60.2 Å². The van der Waals surface area contributed by atoms with Crippen molar-refractivity contribution in [2.75, 3.05) is 13.2 Å². The number of benzene rings is 3. The SMILES string of the molecule is Cc1cc2nc(-c3ccnc(-c4cccc(C5=NN=NC5)c4)c3)sc2c(-c2ccc(Cl)cc2)c1[C@@H](COC(=O)C(C)(C)C)OC(C)(C)C. The Bertz CT molecular complexity index is 2060. The minimum Gasteiger partial charge on any atom is -0.462 e. The summed E-state index contributed by atoms with van der Waals surface area (Å²) in [5.74, 6) is -0.280. The minimum absolute atomic E-state index is 0.0767. The maximum Gasteiger partial charge on any atom is 0.311 e. The predicted octanol–water partition coefficient (Wildman–Crippen LogP) is 10.3. The molecule has 5 aromatic rings. The fourth-order valence-corrected chi connectivity index (χ4v) is 6.82. The zero-order valence-electron chi connectivity index (χ0n) is 28.2. The number of aromatic nitrogens is 2. The number of hydrogen-bond donors (Lipinski definition) is 0. The van der Waals surface area contributed by atoms with Gasteiger partial charge >= 0.3 is 5.97 Å². The normalized spacial score (nSPS) is 14.0. The second kappa shape index (κ2) is 13.3. The topological polar surface area (TPSA) is 98.4 Å². The van der Waals surface area contributed by atoms with Crippen molar-refractivity contribution in [1.82, 2.24) is 9.97 Å². The molecule has 1 atom stereocenters. The lowest BCUT2D eigenvalue weighted by Gasteiger charge is -2.31. The van der Waals surface area contributed by atoms with E-state index in [2.05, 4.69) is 45.5 Å². The van der Waals surface area contributed by atoms with E-state index in [0.29, 0.717) is 11.6 Å². The highest BCUT2D eigenvalue weighted by molar-refractivity contribution is 7.22. The molecule has 3 heterocycles. The number of rotatable bonds is 8. The zero-order chi connectivity index (χ0) is 34.2. The summed E-state index contributed by atoms with van der Waals surface area (Å²) in [6.07, 6.45) is 1.29. The summed E-state index contributed by atoms with van der Waals surface area (Å²) in [5.41, 5.74) is 8.20. The van der Waals surface area contributed by atoms with E-state index in [4.69, 9.17) is 26.1 Å². The van der Waals surface area contributed by atoms with Crippen molar-refractivity contribution < 1.29 is 14.3 Å². The fraction of sp³-hybridized carbons (Fsp3) is 0.316. The number of aryl methyl sites for hydroxylation is 1. The van der Waals surface area contributed by atoms with Gasteiger partial charge in [0, 0.05) is 33.5 Å². The number of fused-ring (bicyclic) bond motifs is 1. The summed E-state index contributed by atoms with van der Waals surface area (Å²) in [4.78, 5) is 22.7. The maximum atomic E-state index is 12.9. The van der Waals surface area contributed by atoms with E-state index >= 15 is 0 Å². The van der Waals surface area contributed by atoms with E-state index in [1.807, 2.05) is 96.3 Å². The van der Waals surface area contributed by atoms with Crippen LogP contribution in [-0.2, 0) is 14.3 Å². The first-order chi connectivity index (χ1) is 22.8. The van der Waals surface area contributed by atoms with Crippen molar-refractivity contribution in [1.29, 1.82) is 0 Å². The Morgan fingerprint density at radius 2 is 1.69 bits per heavy atom. The van der Waals surface area contributed by atoms with Gasteiger partial charge in [0.05, 0.1) is 32.6 Å². The average molecular weight is 680 g/mol. The van der Waals surface area contributed by atoms with E-state index in [0.717, 1.165) is 65.6 Å². The van der Waals surface area contributed by atoms with E-state index in [9.17, 15) is 4.79 Å². The standard InChI is InChI=1S/C38H38ClN5O3S/c1-22-17-29-34(48-35(42-29)26-15-16-40-28(19-26)24-9-8-10-25(18-24)30-20-41-44-43-30)33(23-11-13-27(39)14-12-23)32(22)31(47-38(5,6)7)21-46-36(45)37(2,3)4/h8-19,31H,20-21H2,1-7H3/t31-/m1/s1. The first kappa shape index (κ1) is 33.6. The monoisotopic (exact) mass is 679 g/mol. The van der Waals surface area contributed by atoms with Crippen molar-refractivity contribution in [3.63, 3.8) is 0 Å². The first-order valence-electron chi connectivity index (χ1n) is 15.8. The highest BCUT2D eigenvalue weighted by atomic mass is 35.5. The molecule has 1 aliphatic rings. The molecule has 10 heteroatoms. The number of ether oxygens (including phenoxy) is 2. The van der Waals surface area contributed by atoms with Crippen LogP contribution in [0.5, 0.6) is 0 Å². The lowest BCUT2D eigenvalue weighted by atomic mass is 9.91. The van der Waals surface area contributed by atoms with E-state index in [1.54, 1.807) is 11.3 Å². The lowest BCUT2D eigenvalue weighted by molar-refractivity contribution is -0.162. The van der Waals surface area contributed by atoms with Crippen LogP contribution in [0.15, 0.2) is 88.4 Å². The van der Waals surface area contributed by atoms with Gasteiger partial charge in [-0.05, 0) is 107 Å². The molecule has 0 spiro atoms. The van der Waals surface area contributed by atoms with Crippen LogP contribution in [0, 0.1) is 12.3 Å². The lowest BCUT2D eigenvalue weighted by Crippen LogP contribution is -2.30. The van der Waals surface area contributed by atoms with Gasteiger partial charge in [-0.25, -0.2) is 4.98 Å². The second-order valence-corrected chi connectivity index (χ2v) is 15.3. The molecular formula is C38H38ClN5O3S. The van der Waals surface area contributed by atoms with Crippen LogP contribution in [0.25, 0.3) is 43.2 Å². The largest absolute Gasteiger partial charge is 0.462 e. The van der Waals surface area contributed by atoms with Crippen LogP contribution in [0.4, 0.5) is 0 Å². The van der Waals surface area contributed by atoms with Gasteiger partial charge in [0.25, 0.3) is 0 Å². The Labute approximate surface area is 289 Å². The van der Waals surface area contributed by atoms with E-state index < -0.39 is 17.1 Å². The van der Waals surface area contributed by atoms with Gasteiger partial charge in [-0.3, -0.25) is 9.78 Å². The minimum atomic E-state index is -0.641. The van der Waals surface area contributed by atoms with Crippen molar-refractivity contribution in [3.8, 4) is 33.0 Å². The third-order valence-electron chi connectivity index (χ3n) is 7.80. The molecule has 48 heavy (non-hydrogen) atoms. The van der Waals surface area contributed by atoms with Gasteiger partial charge < -0.3 is 9.47 Å². The van der Waals surface area contributed by atoms with Crippen LogP contribution < -0.4 is 0 Å². The Morgan fingerprint density at radius 1 is 0.938 bits per heavy atom. The highest BCUT2D eigenvalue weighted by Gasteiger charge is 2.31. The summed E-state index contributed by atoms with van der Waals surface area (Å²) in [6.45, 7) is 14.2. The number of hydrogen-bond acceptors (Lipinski definition) is 9. The van der Waals surface area contributed by atoms with Crippen LogP contribution in [0.3, 0.4) is 0 Å². The number of esters is 1. The van der Waals surface area contributed by atoms with Gasteiger partial charge in [-0.2, -0.15) is 5.11 Å². The van der Waals surface area contributed by atoms with E-state index in [1.165, 1.54) is 0 Å². The Morgan fingerprint density at radius 3 is 2.38 bits per heavy atom. The van der Waals surface area contributed by atoms with Crippen LogP contribution in [-0.4, -0.2) is 40.4 Å². The molecule has 3 aromatic carbocycles. The first-order valence-corrected chi connectivity index (χ1v) is 17.0. The summed E-state index contributed by atoms with van der Waals surface area (Å²) in [7, 11) is 0. The van der Waals surface area contributed by atoms with Crippen molar-refractivity contribution in [3.05, 3.63) is 94.6 Å². The molecule has 0 fully saturated rings. The maximum absolute atomic E-state index is 12.9. The molecule has 0 N–H and O–H groups in total. The summed E-state index contributed by atoms with van der Waals surface area (Å²) in [6, 6.07) is 22.1. The third-order valence-corrected chi connectivity index (χ3v) is 9.19. The zero-order valence-corrected chi connectivity index (χ0v) is 29.7. The molecular weight excluding hydrogens is 642 g/mol. The van der Waals surface area contributed by atoms with Crippen molar-refractivity contribution in [2.24, 2.45) is 20.9 Å². The number of carbonyl (C=O) groups excluding carboxylic acids is 1. The Balaban J connectivity index is 1.47. The van der Waals surface area contributed by atoms with Crippen molar-refractivity contribution >= 4 is 44.8 Å². The Hall–Kier alpha value is -4.31. The summed E-state index contributed by atoms with van der Waals surface area (Å²) >= 11 is 7.96. The number of thiazole rings is 1. The molecule has 0 bridgehead atoms. The van der Waals surface area contributed by atoms with Crippen LogP contribution in [0.2, 0.25) is 5.02 Å². The van der Waals surface area contributed by atoms with Gasteiger partial charge in [0.2, 0.25) is 0 Å². The highest BCUT2D eigenvalue weighted by Crippen LogP contribution is 2.44. The summed E-state index contributed by atoms with van der Waals surface area (Å²) < 4.78 is 13.6. The number of nitrogens with zero attached hydrogens (tertiary/aromatic N) is 5. The molecule has 0 aliphatic carbocycles. The fourth-order valence-electron chi connectivity index (χ4n) is 5.57. The quantitative estimate of drug-likeness (QED) is 0.152. The molecule has 2 aromatic heterocycles. The number of carbonyl (C=O) groups is 1. The third kappa shape index (κ3) is 7.38. The van der Waals surface area contributed by atoms with Gasteiger partial charge in [-0.1, -0.05) is 41.9 Å². The molecule has 0 saturated heterocycles. The summed E-state index contributed by atoms with van der Waals surface area (Å²) in [5, 5.41) is 13.4. The Kier molecular flexibility index (Phi) is 9.31. The van der Waals surface area contributed by atoms with Gasteiger partial charge in [0.15, 0.2) is 0 Å².